The van der Waals surface area contributed by atoms with E-state index in [-0.39, 0.29) is 0 Å². The maximum Gasteiger partial charge on any atom is 0.167 e. The van der Waals surface area contributed by atoms with Crippen molar-refractivity contribution < 1.29 is 0 Å². The van der Waals surface area contributed by atoms with Crippen LogP contribution in [-0.2, 0) is 0 Å². The van der Waals surface area contributed by atoms with Gasteiger partial charge in [-0.15, -0.1) is 0 Å². The normalized spacial score (nSPS) is 28.4. The Balaban J connectivity index is 1.96. The second-order valence-corrected chi connectivity index (χ2v) is 4.83. The highest BCUT2D eigenvalue weighted by atomic mass is 15.2. The van der Waals surface area contributed by atoms with Crippen LogP contribution in [0.1, 0.15) is 39.5 Å². The lowest BCUT2D eigenvalue weighted by molar-refractivity contribution is 0.468. The van der Waals surface area contributed by atoms with Gasteiger partial charge in [-0.2, -0.15) is 15.5 Å². The van der Waals surface area contributed by atoms with Crippen LogP contribution in [0.25, 0.3) is 0 Å². The molecule has 2 rings (SSSR count). The van der Waals surface area contributed by atoms with Crippen LogP contribution in [0.15, 0.2) is 10.2 Å². The fraction of sp³-hybridized carbons (Fsp3) is 0.909. The largest absolute Gasteiger partial charge is 0.196 e. The highest BCUT2D eigenvalue weighted by molar-refractivity contribution is 5.12. The Kier molecular flexibility index (Phi) is 2.30. The average molecular weight is 191 g/mol. The van der Waals surface area contributed by atoms with Gasteiger partial charge in [-0.1, -0.05) is 0 Å². The highest BCUT2D eigenvalue weighted by Crippen LogP contribution is 2.42. The van der Waals surface area contributed by atoms with Gasteiger partial charge >= 0.3 is 0 Å². The smallest absolute Gasteiger partial charge is 0.167 e. The zero-order valence-electron chi connectivity index (χ0n) is 8.90. The number of nitriles is 1. The van der Waals surface area contributed by atoms with Crippen molar-refractivity contribution in [2.45, 2.75) is 51.1 Å². The lowest BCUT2D eigenvalue weighted by atomic mass is 10.00. The molecule has 2 atom stereocenters. The van der Waals surface area contributed by atoms with E-state index in [0.717, 1.165) is 18.8 Å². The molecule has 0 saturated heterocycles. The summed E-state index contributed by atoms with van der Waals surface area (Å²) in [6, 6.07) is 2.62. The van der Waals surface area contributed by atoms with E-state index in [9.17, 15) is 0 Å². The molecule has 2 saturated carbocycles. The van der Waals surface area contributed by atoms with Gasteiger partial charge in [0.2, 0.25) is 0 Å². The van der Waals surface area contributed by atoms with E-state index in [4.69, 9.17) is 5.26 Å². The molecule has 76 valence electrons. The summed E-state index contributed by atoms with van der Waals surface area (Å²) in [4.78, 5) is 0. The molecule has 3 nitrogen and oxygen atoms in total. The SMILES string of the molecule is CC(N=NC(C)(C#N)C1CC1)C1CC1. The van der Waals surface area contributed by atoms with Crippen LogP contribution in [0.2, 0.25) is 0 Å². The van der Waals surface area contributed by atoms with Gasteiger partial charge in [0.25, 0.3) is 0 Å². The summed E-state index contributed by atoms with van der Waals surface area (Å²) < 4.78 is 0. The minimum Gasteiger partial charge on any atom is -0.196 e. The van der Waals surface area contributed by atoms with Crippen molar-refractivity contribution in [1.29, 1.82) is 5.26 Å². The first-order valence-electron chi connectivity index (χ1n) is 5.49. The van der Waals surface area contributed by atoms with E-state index in [2.05, 4.69) is 23.2 Å². The van der Waals surface area contributed by atoms with Crippen LogP contribution >= 0.6 is 0 Å². The quantitative estimate of drug-likeness (QED) is 0.630. The first kappa shape index (κ1) is 9.64. The van der Waals surface area contributed by atoms with Crippen LogP contribution in [0.5, 0.6) is 0 Å². The van der Waals surface area contributed by atoms with Crippen molar-refractivity contribution in [1.82, 2.24) is 0 Å². The average Bonchev–Trinajstić information content (AvgIpc) is 3.05. The topological polar surface area (TPSA) is 48.5 Å². The van der Waals surface area contributed by atoms with E-state index < -0.39 is 5.54 Å². The third-order valence-electron chi connectivity index (χ3n) is 3.35. The molecule has 2 aliphatic rings. The summed E-state index contributed by atoms with van der Waals surface area (Å²) in [6.45, 7) is 4.01. The van der Waals surface area contributed by atoms with E-state index >= 15 is 0 Å². The third-order valence-corrected chi connectivity index (χ3v) is 3.35. The minimum absolute atomic E-state index is 0.321. The van der Waals surface area contributed by atoms with Gasteiger partial charge in [0.15, 0.2) is 5.54 Å². The first-order chi connectivity index (χ1) is 6.65. The van der Waals surface area contributed by atoms with Crippen LogP contribution in [0, 0.1) is 23.2 Å². The summed E-state index contributed by atoms with van der Waals surface area (Å²) in [6.07, 6.45) is 4.85. The van der Waals surface area contributed by atoms with Crippen molar-refractivity contribution in [2.75, 3.05) is 0 Å². The second kappa shape index (κ2) is 3.34. The van der Waals surface area contributed by atoms with E-state index in [1.807, 2.05) is 6.92 Å². The summed E-state index contributed by atoms with van der Waals surface area (Å²) in [5, 5.41) is 17.6. The molecule has 2 unspecified atom stereocenters. The number of rotatable bonds is 4. The van der Waals surface area contributed by atoms with Crippen LogP contribution in [-0.4, -0.2) is 11.6 Å². The fourth-order valence-electron chi connectivity index (χ4n) is 1.72. The van der Waals surface area contributed by atoms with Gasteiger partial charge in [0.05, 0.1) is 12.1 Å². The molecule has 3 heteroatoms. The molecule has 0 N–H and O–H groups in total. The molecule has 0 spiro atoms. The van der Waals surface area contributed by atoms with Gasteiger partial charge in [-0.25, -0.2) is 0 Å². The van der Waals surface area contributed by atoms with Crippen molar-refractivity contribution in [3.8, 4) is 6.07 Å². The minimum atomic E-state index is -0.539. The summed E-state index contributed by atoms with van der Waals surface area (Å²) in [7, 11) is 0. The molecule has 2 aliphatic carbocycles. The predicted octanol–water partition coefficient (Wildman–Crippen LogP) is 2.93. The number of nitrogens with zero attached hydrogens (tertiary/aromatic N) is 3. The molecule has 0 aromatic carbocycles. The molecule has 14 heavy (non-hydrogen) atoms. The van der Waals surface area contributed by atoms with Crippen molar-refractivity contribution in [3.63, 3.8) is 0 Å². The standard InChI is InChI=1S/C11H17N3/c1-8(9-3-4-9)13-14-11(2,7-12)10-5-6-10/h8-10H,3-6H2,1-2H3. The lowest BCUT2D eigenvalue weighted by Crippen LogP contribution is -2.22. The molecular weight excluding hydrogens is 174 g/mol. The lowest BCUT2D eigenvalue weighted by Gasteiger charge is -2.14. The Labute approximate surface area is 85.2 Å². The Morgan fingerprint density at radius 2 is 2.00 bits per heavy atom. The number of azo groups is 1. The molecule has 0 aliphatic heterocycles. The van der Waals surface area contributed by atoms with E-state index in [0.29, 0.717) is 12.0 Å². The van der Waals surface area contributed by atoms with Crippen LogP contribution < -0.4 is 0 Å². The molecule has 0 radical (unpaired) electrons. The third kappa shape index (κ3) is 1.95. The van der Waals surface area contributed by atoms with E-state index in [1.54, 1.807) is 0 Å². The zero-order chi connectivity index (χ0) is 10.2. The highest BCUT2D eigenvalue weighted by Gasteiger charge is 2.42. The number of hydrogen-bond donors (Lipinski definition) is 0. The molecular formula is C11H17N3. The van der Waals surface area contributed by atoms with Crippen molar-refractivity contribution in [2.24, 2.45) is 22.1 Å². The molecule has 0 aromatic rings. The number of hydrogen-bond acceptors (Lipinski definition) is 3. The van der Waals surface area contributed by atoms with Gasteiger partial charge < -0.3 is 0 Å². The predicted molar refractivity (Wildman–Crippen MR) is 53.8 cm³/mol. The summed E-state index contributed by atoms with van der Waals surface area (Å²) in [5.41, 5.74) is -0.539. The summed E-state index contributed by atoms with van der Waals surface area (Å²) in [5.74, 6) is 1.20. The van der Waals surface area contributed by atoms with Gasteiger partial charge in [0, 0.05) is 0 Å². The molecule has 0 aromatic heterocycles. The zero-order valence-corrected chi connectivity index (χ0v) is 8.90. The van der Waals surface area contributed by atoms with Gasteiger partial charge in [0.1, 0.15) is 0 Å². The maximum atomic E-state index is 9.06. The molecule has 0 heterocycles. The monoisotopic (exact) mass is 191 g/mol. The second-order valence-electron chi connectivity index (χ2n) is 4.83. The van der Waals surface area contributed by atoms with Crippen LogP contribution in [0.3, 0.4) is 0 Å². The van der Waals surface area contributed by atoms with Gasteiger partial charge in [-0.3, -0.25) is 0 Å². The Hall–Kier alpha value is -0.910. The molecule has 2 fully saturated rings. The van der Waals surface area contributed by atoms with E-state index in [1.165, 1.54) is 12.8 Å². The van der Waals surface area contributed by atoms with Crippen molar-refractivity contribution >= 4 is 0 Å². The Morgan fingerprint density at radius 1 is 1.36 bits per heavy atom. The molecule has 0 bridgehead atoms. The van der Waals surface area contributed by atoms with Crippen LogP contribution in [0.4, 0.5) is 0 Å². The van der Waals surface area contributed by atoms with Crippen molar-refractivity contribution in [3.05, 3.63) is 0 Å². The Morgan fingerprint density at radius 3 is 2.43 bits per heavy atom. The summed E-state index contributed by atoms with van der Waals surface area (Å²) >= 11 is 0. The fourth-order valence-corrected chi connectivity index (χ4v) is 1.72. The maximum absolute atomic E-state index is 9.06. The Bertz CT molecular complexity index is 283. The molecule has 0 amide bonds. The van der Waals surface area contributed by atoms with Gasteiger partial charge in [-0.05, 0) is 51.4 Å². The first-order valence-corrected chi connectivity index (χ1v) is 5.49.